The second kappa shape index (κ2) is 8.47. The van der Waals surface area contributed by atoms with Gasteiger partial charge in [0, 0.05) is 34.8 Å². The third-order valence-corrected chi connectivity index (χ3v) is 2.98. The van der Waals surface area contributed by atoms with Crippen LogP contribution in [0.25, 0.3) is 0 Å². The lowest BCUT2D eigenvalue weighted by Crippen LogP contribution is -2.34. The van der Waals surface area contributed by atoms with Gasteiger partial charge in [0.15, 0.2) is 0 Å². The number of benzene rings is 1. The second-order valence-corrected chi connectivity index (χ2v) is 6.68. The minimum Gasteiger partial charge on any atom is -0.350 e. The first-order chi connectivity index (χ1) is 11.1. The van der Waals surface area contributed by atoms with Gasteiger partial charge >= 0.3 is 0 Å². The molecule has 0 aromatic heterocycles. The maximum absolute atomic E-state index is 12.3. The summed E-state index contributed by atoms with van der Waals surface area (Å²) in [6.07, 6.45) is 0. The number of hydrogen-bond donors (Lipinski definition) is 3. The fourth-order valence-electron chi connectivity index (χ4n) is 2.06. The molecule has 1 aromatic carbocycles. The number of rotatable bonds is 6. The minimum atomic E-state index is -0.317. The third-order valence-electron chi connectivity index (χ3n) is 2.98. The first-order valence-corrected chi connectivity index (χ1v) is 8.17. The van der Waals surface area contributed by atoms with Crippen molar-refractivity contribution in [3.8, 4) is 0 Å². The van der Waals surface area contributed by atoms with Crippen LogP contribution in [0.2, 0.25) is 0 Å². The smallest absolute Gasteiger partial charge is 0.251 e. The van der Waals surface area contributed by atoms with Gasteiger partial charge in [0.25, 0.3) is 17.7 Å². The number of carbonyl (C=O) groups excluding carboxylic acids is 3. The zero-order valence-corrected chi connectivity index (χ0v) is 15.2. The van der Waals surface area contributed by atoms with E-state index in [1.165, 1.54) is 18.2 Å². The molecule has 1 rings (SSSR count). The second-order valence-electron chi connectivity index (χ2n) is 6.68. The first kappa shape index (κ1) is 19.7. The van der Waals surface area contributed by atoms with Crippen molar-refractivity contribution in [1.82, 2.24) is 16.0 Å². The molecule has 6 heteroatoms. The highest BCUT2D eigenvalue weighted by molar-refractivity contribution is 6.04. The molecule has 0 fully saturated rings. The van der Waals surface area contributed by atoms with Gasteiger partial charge in [-0.05, 0) is 59.7 Å². The summed E-state index contributed by atoms with van der Waals surface area (Å²) in [5.41, 5.74) is 0.858. The average Bonchev–Trinajstić information content (AvgIpc) is 2.44. The highest BCUT2D eigenvalue weighted by atomic mass is 16.2. The molecule has 0 radical (unpaired) electrons. The number of carbonyl (C=O) groups is 3. The molecule has 1 aromatic rings. The van der Waals surface area contributed by atoms with Gasteiger partial charge in [-0.25, -0.2) is 0 Å². The maximum Gasteiger partial charge on any atom is 0.251 e. The van der Waals surface area contributed by atoms with Crippen LogP contribution in [-0.2, 0) is 0 Å². The van der Waals surface area contributed by atoms with E-state index < -0.39 is 0 Å². The van der Waals surface area contributed by atoms with Gasteiger partial charge in [-0.2, -0.15) is 0 Å². The molecule has 132 valence electrons. The van der Waals surface area contributed by atoms with E-state index >= 15 is 0 Å². The molecule has 0 spiro atoms. The molecular weight excluding hydrogens is 306 g/mol. The number of amides is 3. The van der Waals surface area contributed by atoms with Crippen LogP contribution in [0.3, 0.4) is 0 Å². The Hall–Kier alpha value is -2.37. The van der Waals surface area contributed by atoms with Crippen molar-refractivity contribution < 1.29 is 14.4 Å². The summed E-state index contributed by atoms with van der Waals surface area (Å²) >= 11 is 0. The molecule has 0 unspecified atom stereocenters. The van der Waals surface area contributed by atoms with Crippen molar-refractivity contribution in [2.24, 2.45) is 0 Å². The average molecular weight is 333 g/mol. The Morgan fingerprint density at radius 1 is 0.583 bits per heavy atom. The topological polar surface area (TPSA) is 87.3 Å². The van der Waals surface area contributed by atoms with Gasteiger partial charge in [0.05, 0.1) is 0 Å². The minimum absolute atomic E-state index is 0.0430. The molecule has 0 bridgehead atoms. The molecule has 0 heterocycles. The monoisotopic (exact) mass is 333 g/mol. The van der Waals surface area contributed by atoms with Crippen molar-refractivity contribution in [3.05, 3.63) is 34.9 Å². The quantitative estimate of drug-likeness (QED) is 0.745. The highest BCUT2D eigenvalue weighted by Crippen LogP contribution is 2.12. The molecule has 0 aliphatic rings. The van der Waals surface area contributed by atoms with E-state index in [2.05, 4.69) is 16.0 Å². The Morgan fingerprint density at radius 3 is 0.958 bits per heavy atom. The van der Waals surface area contributed by atoms with Crippen LogP contribution in [0.15, 0.2) is 18.2 Å². The Bertz CT molecular complexity index is 524. The van der Waals surface area contributed by atoms with E-state index in [1.54, 1.807) is 0 Å². The van der Waals surface area contributed by atoms with Gasteiger partial charge < -0.3 is 16.0 Å². The number of hydrogen-bond acceptors (Lipinski definition) is 3. The summed E-state index contributed by atoms with van der Waals surface area (Å²) in [5, 5.41) is 8.31. The van der Waals surface area contributed by atoms with E-state index in [9.17, 15) is 14.4 Å². The first-order valence-electron chi connectivity index (χ1n) is 8.17. The number of nitrogens with one attached hydrogen (secondary N) is 3. The Kier molecular flexibility index (Phi) is 6.95. The highest BCUT2D eigenvalue weighted by Gasteiger charge is 2.17. The maximum atomic E-state index is 12.3. The SMILES string of the molecule is CC(C)NC(=O)c1cc(C(=O)NC(C)C)cc(C(=O)NC(C)C)c1. The third kappa shape index (κ3) is 6.02. The predicted octanol–water partition coefficient (Wildman–Crippen LogP) is 2.10. The van der Waals surface area contributed by atoms with Crippen LogP contribution >= 0.6 is 0 Å². The van der Waals surface area contributed by atoms with Crippen LogP contribution in [0.5, 0.6) is 0 Å². The van der Waals surface area contributed by atoms with E-state index in [4.69, 9.17) is 0 Å². The summed E-state index contributed by atoms with van der Waals surface area (Å²) in [6.45, 7) is 11.1. The summed E-state index contributed by atoms with van der Waals surface area (Å²) in [7, 11) is 0. The van der Waals surface area contributed by atoms with Gasteiger partial charge in [-0.15, -0.1) is 0 Å². The molecule has 24 heavy (non-hydrogen) atoms. The standard InChI is InChI=1S/C18H27N3O3/c1-10(2)19-16(22)13-7-14(17(23)20-11(3)4)9-15(8-13)18(24)21-12(5)6/h7-12H,1-6H3,(H,19,22)(H,20,23)(H,21,24). The van der Waals surface area contributed by atoms with Gasteiger partial charge in [0.2, 0.25) is 0 Å². The summed E-state index contributed by atoms with van der Waals surface area (Å²) in [4.78, 5) is 36.8. The molecule has 0 atom stereocenters. The molecule has 0 saturated carbocycles. The molecule has 6 nitrogen and oxygen atoms in total. The Morgan fingerprint density at radius 2 is 0.792 bits per heavy atom. The van der Waals surface area contributed by atoms with Crippen molar-refractivity contribution in [3.63, 3.8) is 0 Å². The molecule has 3 amide bonds. The lowest BCUT2D eigenvalue weighted by atomic mass is 10.0. The molecule has 0 aliphatic carbocycles. The molecule has 0 saturated heterocycles. The zero-order chi connectivity index (χ0) is 18.4. The summed E-state index contributed by atoms with van der Waals surface area (Å²) < 4.78 is 0. The molecule has 0 aliphatic heterocycles. The molecule has 3 N–H and O–H groups in total. The summed E-state index contributed by atoms with van der Waals surface area (Å²) in [5.74, 6) is -0.951. The van der Waals surface area contributed by atoms with Crippen LogP contribution in [0, 0.1) is 0 Å². The van der Waals surface area contributed by atoms with Crippen molar-refractivity contribution in [2.75, 3.05) is 0 Å². The van der Waals surface area contributed by atoms with Gasteiger partial charge in [0.1, 0.15) is 0 Å². The van der Waals surface area contributed by atoms with Crippen LogP contribution < -0.4 is 16.0 Å². The fourth-order valence-corrected chi connectivity index (χ4v) is 2.06. The Balaban J connectivity index is 3.25. The van der Waals surface area contributed by atoms with Gasteiger partial charge in [-0.3, -0.25) is 14.4 Å². The van der Waals surface area contributed by atoms with E-state index in [0.29, 0.717) is 0 Å². The lowest BCUT2D eigenvalue weighted by Gasteiger charge is -2.14. The van der Waals surface area contributed by atoms with E-state index in [1.807, 2.05) is 41.5 Å². The molecular formula is C18H27N3O3. The van der Waals surface area contributed by atoms with Crippen molar-refractivity contribution in [2.45, 2.75) is 59.7 Å². The largest absolute Gasteiger partial charge is 0.350 e. The zero-order valence-electron chi connectivity index (χ0n) is 15.2. The lowest BCUT2D eigenvalue weighted by molar-refractivity contribution is 0.0942. The van der Waals surface area contributed by atoms with Crippen molar-refractivity contribution in [1.29, 1.82) is 0 Å². The normalized spacial score (nSPS) is 10.9. The van der Waals surface area contributed by atoms with E-state index in [-0.39, 0.29) is 52.5 Å². The predicted molar refractivity (Wildman–Crippen MR) is 94.2 cm³/mol. The van der Waals surface area contributed by atoms with Crippen LogP contribution in [0.4, 0.5) is 0 Å². The fraction of sp³-hybridized carbons (Fsp3) is 0.500. The van der Waals surface area contributed by atoms with E-state index in [0.717, 1.165) is 0 Å². The van der Waals surface area contributed by atoms with Gasteiger partial charge in [-0.1, -0.05) is 0 Å². The van der Waals surface area contributed by atoms with Crippen molar-refractivity contribution >= 4 is 17.7 Å². The Labute approximate surface area is 143 Å². The van der Waals surface area contributed by atoms with Crippen LogP contribution in [0.1, 0.15) is 72.6 Å². The summed E-state index contributed by atoms with van der Waals surface area (Å²) in [6, 6.07) is 4.38. The van der Waals surface area contributed by atoms with Crippen LogP contribution in [-0.4, -0.2) is 35.8 Å².